The van der Waals surface area contributed by atoms with E-state index in [0.29, 0.717) is 32.1 Å². The number of morpholine rings is 1. The molecule has 198 valence electrons. The number of H-pyrrole nitrogens is 1. The van der Waals surface area contributed by atoms with E-state index in [9.17, 15) is 9.59 Å². The first kappa shape index (κ1) is 25.8. The molecular formula is C29H33N5O4. The molecule has 1 N–H and O–H groups in total. The van der Waals surface area contributed by atoms with Crippen molar-refractivity contribution in [2.24, 2.45) is 0 Å². The summed E-state index contributed by atoms with van der Waals surface area (Å²) in [6.45, 7) is 8.27. The van der Waals surface area contributed by atoms with E-state index in [1.165, 1.54) is 0 Å². The van der Waals surface area contributed by atoms with Gasteiger partial charge in [-0.15, -0.1) is 0 Å². The summed E-state index contributed by atoms with van der Waals surface area (Å²) in [7, 11) is 0. The van der Waals surface area contributed by atoms with Crippen molar-refractivity contribution < 1.29 is 9.26 Å². The molecule has 0 spiro atoms. The summed E-state index contributed by atoms with van der Waals surface area (Å²) >= 11 is 0. The van der Waals surface area contributed by atoms with Crippen LogP contribution in [-0.4, -0.2) is 50.9 Å². The molecule has 0 unspecified atom stereocenters. The van der Waals surface area contributed by atoms with Crippen LogP contribution in [0.25, 0.3) is 22.5 Å². The largest absolute Gasteiger partial charge is 0.439 e. The van der Waals surface area contributed by atoms with E-state index >= 15 is 0 Å². The molecule has 3 heterocycles. The Morgan fingerprint density at radius 1 is 0.947 bits per heavy atom. The lowest BCUT2D eigenvalue weighted by Crippen LogP contribution is -2.39. The van der Waals surface area contributed by atoms with Gasteiger partial charge in [-0.1, -0.05) is 67.5 Å². The van der Waals surface area contributed by atoms with Gasteiger partial charge in [-0.05, 0) is 29.5 Å². The summed E-state index contributed by atoms with van der Waals surface area (Å²) in [6.07, 6.45) is 2.40. The number of ether oxygens (including phenoxy) is 1. The molecule has 9 nitrogen and oxygen atoms in total. The highest BCUT2D eigenvalue weighted by molar-refractivity contribution is 5.80. The second kappa shape index (κ2) is 11.7. The fourth-order valence-corrected chi connectivity index (χ4v) is 4.96. The Kier molecular flexibility index (Phi) is 7.95. The molecule has 1 aliphatic rings. The van der Waals surface area contributed by atoms with Crippen molar-refractivity contribution in [1.82, 2.24) is 24.6 Å². The smallest absolute Gasteiger partial charge is 0.379 e. The van der Waals surface area contributed by atoms with Crippen LogP contribution in [0, 0.1) is 0 Å². The Hall–Kier alpha value is -3.82. The van der Waals surface area contributed by atoms with Crippen molar-refractivity contribution in [3.05, 3.63) is 92.1 Å². The highest BCUT2D eigenvalue weighted by Crippen LogP contribution is 2.30. The van der Waals surface area contributed by atoms with Crippen LogP contribution < -0.4 is 11.3 Å². The van der Waals surface area contributed by atoms with Crippen LogP contribution >= 0.6 is 0 Å². The number of nitrogens with zero attached hydrogens (tertiary/aromatic N) is 4. The molecule has 1 saturated heterocycles. The standard InChI is InChI=1S/C29H33N5O4/c1-3-7-26-30-25(4-2)24(19-33-14-16-37-17-15-33)28(35)34(26)18-20-10-12-21(13-11-20)22-8-5-6-9-23(22)27-31-29(36)38-32-27/h5-6,8-13H,3-4,7,14-19H2,1-2H3,(H,31,32,36). The fraction of sp³-hybridized carbons (Fsp3) is 0.379. The normalized spacial score (nSPS) is 14.2. The first-order valence-corrected chi connectivity index (χ1v) is 13.2. The third kappa shape index (κ3) is 5.54. The fourth-order valence-electron chi connectivity index (χ4n) is 4.96. The molecule has 0 aliphatic carbocycles. The first-order chi connectivity index (χ1) is 18.6. The lowest BCUT2D eigenvalue weighted by Gasteiger charge is -2.27. The Morgan fingerprint density at radius 3 is 2.34 bits per heavy atom. The van der Waals surface area contributed by atoms with E-state index in [1.807, 2.05) is 53.1 Å². The zero-order valence-electron chi connectivity index (χ0n) is 21.9. The molecule has 5 rings (SSSR count). The van der Waals surface area contributed by atoms with E-state index in [0.717, 1.165) is 71.7 Å². The number of aryl methyl sites for hydroxylation is 2. The van der Waals surface area contributed by atoms with Gasteiger partial charge in [0.1, 0.15) is 5.82 Å². The summed E-state index contributed by atoms with van der Waals surface area (Å²) < 4.78 is 12.0. The average Bonchev–Trinajstić information content (AvgIpc) is 3.39. The quantitative estimate of drug-likeness (QED) is 0.363. The Morgan fingerprint density at radius 2 is 1.68 bits per heavy atom. The van der Waals surface area contributed by atoms with Crippen LogP contribution in [0.15, 0.2) is 62.6 Å². The highest BCUT2D eigenvalue weighted by atomic mass is 16.5. The van der Waals surface area contributed by atoms with Crippen LogP contribution in [0.5, 0.6) is 0 Å². The molecule has 9 heteroatoms. The number of benzene rings is 2. The maximum atomic E-state index is 13.8. The predicted molar refractivity (Wildman–Crippen MR) is 145 cm³/mol. The number of hydrogen-bond acceptors (Lipinski definition) is 7. The molecule has 2 aromatic heterocycles. The van der Waals surface area contributed by atoms with Gasteiger partial charge in [-0.3, -0.25) is 23.8 Å². The van der Waals surface area contributed by atoms with Gasteiger partial charge in [0, 0.05) is 31.6 Å². The first-order valence-electron chi connectivity index (χ1n) is 13.2. The minimum atomic E-state index is -0.589. The molecule has 0 saturated carbocycles. The lowest BCUT2D eigenvalue weighted by molar-refractivity contribution is 0.0337. The summed E-state index contributed by atoms with van der Waals surface area (Å²) in [6, 6.07) is 15.8. The number of rotatable bonds is 9. The molecule has 0 radical (unpaired) electrons. The number of hydrogen-bond donors (Lipinski definition) is 1. The van der Waals surface area contributed by atoms with Gasteiger partial charge in [0.25, 0.3) is 5.56 Å². The highest BCUT2D eigenvalue weighted by Gasteiger charge is 2.20. The Balaban J connectivity index is 1.46. The Bertz CT molecular complexity index is 1500. The van der Waals surface area contributed by atoms with Crippen molar-refractivity contribution in [2.75, 3.05) is 26.3 Å². The molecule has 4 aromatic rings. The van der Waals surface area contributed by atoms with E-state index in [-0.39, 0.29) is 5.56 Å². The van der Waals surface area contributed by atoms with Gasteiger partial charge < -0.3 is 4.74 Å². The summed E-state index contributed by atoms with van der Waals surface area (Å²) in [5.41, 5.74) is 5.44. The van der Waals surface area contributed by atoms with Crippen molar-refractivity contribution >= 4 is 0 Å². The maximum absolute atomic E-state index is 13.8. The number of aromatic nitrogens is 4. The Labute approximate surface area is 221 Å². The van der Waals surface area contributed by atoms with Gasteiger partial charge in [-0.25, -0.2) is 9.78 Å². The molecule has 0 atom stereocenters. The SMILES string of the molecule is CCCc1nc(CC)c(CN2CCOCC2)c(=O)n1Cc1ccc(-c2ccccc2-c2noc(=O)[nH]2)cc1. The molecule has 2 aromatic carbocycles. The molecular weight excluding hydrogens is 482 g/mol. The van der Waals surface area contributed by atoms with E-state index < -0.39 is 5.76 Å². The van der Waals surface area contributed by atoms with Gasteiger partial charge in [-0.2, -0.15) is 0 Å². The predicted octanol–water partition coefficient (Wildman–Crippen LogP) is 3.65. The van der Waals surface area contributed by atoms with Gasteiger partial charge in [0.15, 0.2) is 5.82 Å². The van der Waals surface area contributed by atoms with Gasteiger partial charge in [0.2, 0.25) is 0 Å². The van der Waals surface area contributed by atoms with Crippen molar-refractivity contribution in [3.8, 4) is 22.5 Å². The van der Waals surface area contributed by atoms with Crippen LogP contribution in [0.3, 0.4) is 0 Å². The number of nitrogens with one attached hydrogen (secondary N) is 1. The van der Waals surface area contributed by atoms with Crippen molar-refractivity contribution in [1.29, 1.82) is 0 Å². The number of aromatic amines is 1. The van der Waals surface area contributed by atoms with Gasteiger partial charge in [0.05, 0.1) is 31.0 Å². The molecule has 1 aliphatic heterocycles. The van der Waals surface area contributed by atoms with Crippen LogP contribution in [0.4, 0.5) is 0 Å². The van der Waals surface area contributed by atoms with Crippen LogP contribution in [-0.2, 0) is 30.7 Å². The molecule has 1 fully saturated rings. The minimum absolute atomic E-state index is 0.0520. The van der Waals surface area contributed by atoms with Crippen molar-refractivity contribution in [3.63, 3.8) is 0 Å². The topological polar surface area (TPSA) is 106 Å². The summed E-state index contributed by atoms with van der Waals surface area (Å²) in [5.74, 6) is 0.638. The molecule has 0 amide bonds. The third-order valence-electron chi connectivity index (χ3n) is 6.95. The summed E-state index contributed by atoms with van der Waals surface area (Å²) in [5, 5.41) is 3.85. The average molecular weight is 516 g/mol. The second-order valence-electron chi connectivity index (χ2n) is 9.52. The maximum Gasteiger partial charge on any atom is 0.439 e. The zero-order chi connectivity index (χ0) is 26.5. The molecule has 0 bridgehead atoms. The van der Waals surface area contributed by atoms with E-state index in [1.54, 1.807) is 0 Å². The van der Waals surface area contributed by atoms with Crippen LogP contribution in [0.2, 0.25) is 0 Å². The molecule has 38 heavy (non-hydrogen) atoms. The second-order valence-corrected chi connectivity index (χ2v) is 9.52. The third-order valence-corrected chi connectivity index (χ3v) is 6.95. The van der Waals surface area contributed by atoms with Crippen LogP contribution in [0.1, 0.15) is 42.9 Å². The minimum Gasteiger partial charge on any atom is -0.379 e. The van der Waals surface area contributed by atoms with E-state index in [2.05, 4.69) is 28.9 Å². The lowest BCUT2D eigenvalue weighted by atomic mass is 9.98. The zero-order valence-corrected chi connectivity index (χ0v) is 21.9. The monoisotopic (exact) mass is 515 g/mol. The van der Waals surface area contributed by atoms with E-state index in [4.69, 9.17) is 14.2 Å². The van der Waals surface area contributed by atoms with Gasteiger partial charge >= 0.3 is 5.76 Å². The van der Waals surface area contributed by atoms with Crippen molar-refractivity contribution in [2.45, 2.75) is 46.2 Å². The summed E-state index contributed by atoms with van der Waals surface area (Å²) in [4.78, 5) is 35.2.